The summed E-state index contributed by atoms with van der Waals surface area (Å²) in [6, 6.07) is 18.1. The van der Waals surface area contributed by atoms with E-state index in [0.29, 0.717) is 31.8 Å². The van der Waals surface area contributed by atoms with Crippen LogP contribution in [-0.4, -0.2) is 30.5 Å². The summed E-state index contributed by atoms with van der Waals surface area (Å²) in [7, 11) is 0. The standard InChI is InChI=1S/C25H27NO4S/c27-12-6-7-13-29-24-15-19(21-17-31-23-11-5-4-10-20(21)23)14-22(30-24)25(28)26-16-18-8-2-1-3-9-18/h1-5,8-11,14,17,19,24,27H,6-7,12-13,15-16H2,(H,26,28)/t19-,24+/m1/s1. The molecule has 0 unspecified atom stereocenters. The Bertz CT molecular complexity index is 1030. The molecule has 0 spiro atoms. The van der Waals surface area contributed by atoms with E-state index in [2.05, 4.69) is 22.8 Å². The Kier molecular flexibility index (Phi) is 7.35. The van der Waals surface area contributed by atoms with E-state index in [-0.39, 0.29) is 18.4 Å². The van der Waals surface area contributed by atoms with Crippen molar-refractivity contribution in [1.82, 2.24) is 5.32 Å². The van der Waals surface area contributed by atoms with E-state index in [1.807, 2.05) is 48.5 Å². The second-order valence-corrected chi connectivity index (χ2v) is 8.49. The van der Waals surface area contributed by atoms with E-state index in [1.54, 1.807) is 11.3 Å². The largest absolute Gasteiger partial charge is 0.459 e. The second kappa shape index (κ2) is 10.6. The van der Waals surface area contributed by atoms with Gasteiger partial charge in [-0.1, -0.05) is 48.5 Å². The minimum absolute atomic E-state index is 0.0326. The monoisotopic (exact) mass is 437 g/mol. The number of unbranched alkanes of at least 4 members (excludes halogenated alkanes) is 1. The molecule has 5 nitrogen and oxygen atoms in total. The molecule has 1 aliphatic heterocycles. The fourth-order valence-corrected chi connectivity index (χ4v) is 4.74. The number of hydrogen-bond donors (Lipinski definition) is 2. The van der Waals surface area contributed by atoms with Gasteiger partial charge in [0.25, 0.3) is 5.91 Å². The number of aliphatic hydroxyl groups is 1. The van der Waals surface area contributed by atoms with E-state index in [1.165, 1.54) is 15.6 Å². The topological polar surface area (TPSA) is 67.8 Å². The van der Waals surface area contributed by atoms with Gasteiger partial charge in [0.2, 0.25) is 6.29 Å². The summed E-state index contributed by atoms with van der Waals surface area (Å²) in [4.78, 5) is 12.9. The number of carbonyl (C=O) groups is 1. The maximum absolute atomic E-state index is 12.9. The molecule has 2 N–H and O–H groups in total. The number of rotatable bonds is 9. The van der Waals surface area contributed by atoms with Crippen molar-refractivity contribution in [2.24, 2.45) is 0 Å². The molecular formula is C25H27NO4S. The third kappa shape index (κ3) is 5.53. The van der Waals surface area contributed by atoms with Gasteiger partial charge in [0.05, 0.1) is 6.61 Å². The number of thiophene rings is 1. The molecule has 1 amide bonds. The molecule has 3 aromatic rings. The quantitative estimate of drug-likeness (QED) is 0.475. The Balaban J connectivity index is 1.52. The third-order valence-electron chi connectivity index (χ3n) is 5.34. The lowest BCUT2D eigenvalue weighted by Gasteiger charge is -2.29. The lowest BCUT2D eigenvalue weighted by Crippen LogP contribution is -2.32. The summed E-state index contributed by atoms with van der Waals surface area (Å²) < 4.78 is 13.1. The van der Waals surface area contributed by atoms with E-state index in [0.717, 1.165) is 12.0 Å². The molecule has 0 saturated heterocycles. The first kappa shape index (κ1) is 21.6. The summed E-state index contributed by atoms with van der Waals surface area (Å²) in [6.07, 6.45) is 3.51. The molecule has 31 heavy (non-hydrogen) atoms. The lowest BCUT2D eigenvalue weighted by atomic mass is 9.92. The first-order valence-corrected chi connectivity index (χ1v) is 11.5. The van der Waals surface area contributed by atoms with E-state index >= 15 is 0 Å². The zero-order chi connectivity index (χ0) is 21.5. The number of fused-ring (bicyclic) bond motifs is 1. The number of hydrogen-bond acceptors (Lipinski definition) is 5. The molecule has 2 heterocycles. The van der Waals surface area contributed by atoms with Crippen LogP contribution >= 0.6 is 11.3 Å². The highest BCUT2D eigenvalue weighted by atomic mass is 32.1. The van der Waals surface area contributed by atoms with Crippen LogP contribution in [-0.2, 0) is 20.8 Å². The van der Waals surface area contributed by atoms with Crippen molar-refractivity contribution in [2.75, 3.05) is 13.2 Å². The molecule has 6 heteroatoms. The minimum atomic E-state index is -0.496. The molecule has 0 radical (unpaired) electrons. The summed E-state index contributed by atoms with van der Waals surface area (Å²) >= 11 is 1.71. The highest BCUT2D eigenvalue weighted by Crippen LogP contribution is 2.38. The van der Waals surface area contributed by atoms with Crippen molar-refractivity contribution < 1.29 is 19.4 Å². The Morgan fingerprint density at radius 2 is 1.94 bits per heavy atom. The molecule has 0 aliphatic carbocycles. The Morgan fingerprint density at radius 1 is 1.13 bits per heavy atom. The average Bonchev–Trinajstić information content (AvgIpc) is 3.25. The predicted octanol–water partition coefficient (Wildman–Crippen LogP) is 4.72. The number of allylic oxidation sites excluding steroid dienone is 1. The van der Waals surface area contributed by atoms with E-state index in [4.69, 9.17) is 14.6 Å². The second-order valence-electron chi connectivity index (χ2n) is 7.58. The van der Waals surface area contributed by atoms with Crippen LogP contribution < -0.4 is 5.32 Å². The van der Waals surface area contributed by atoms with Crippen molar-refractivity contribution in [1.29, 1.82) is 0 Å². The van der Waals surface area contributed by atoms with Crippen LogP contribution in [0.5, 0.6) is 0 Å². The number of carbonyl (C=O) groups excluding carboxylic acids is 1. The molecule has 4 rings (SSSR count). The first-order chi connectivity index (χ1) is 15.2. The zero-order valence-electron chi connectivity index (χ0n) is 17.3. The van der Waals surface area contributed by atoms with Gasteiger partial charge in [-0.3, -0.25) is 4.79 Å². The zero-order valence-corrected chi connectivity index (χ0v) is 18.1. The van der Waals surface area contributed by atoms with Crippen LogP contribution in [0, 0.1) is 0 Å². The predicted molar refractivity (Wildman–Crippen MR) is 123 cm³/mol. The number of aliphatic hydroxyl groups excluding tert-OH is 1. The molecule has 2 aromatic carbocycles. The summed E-state index contributed by atoms with van der Waals surface area (Å²) in [5.41, 5.74) is 2.23. The van der Waals surface area contributed by atoms with Crippen LogP contribution in [0.1, 0.15) is 36.3 Å². The van der Waals surface area contributed by atoms with Crippen LogP contribution in [0.3, 0.4) is 0 Å². The Morgan fingerprint density at radius 3 is 2.77 bits per heavy atom. The molecular weight excluding hydrogens is 410 g/mol. The fourth-order valence-electron chi connectivity index (χ4n) is 3.71. The number of ether oxygens (including phenoxy) is 2. The minimum Gasteiger partial charge on any atom is -0.459 e. The molecule has 1 aliphatic rings. The number of amides is 1. The van der Waals surface area contributed by atoms with Crippen molar-refractivity contribution in [3.8, 4) is 0 Å². The van der Waals surface area contributed by atoms with Gasteiger partial charge in [0.15, 0.2) is 5.76 Å². The third-order valence-corrected chi connectivity index (χ3v) is 6.33. The summed E-state index contributed by atoms with van der Waals surface area (Å²) in [5, 5.41) is 15.3. The summed E-state index contributed by atoms with van der Waals surface area (Å²) in [5.74, 6) is 0.0943. The maximum Gasteiger partial charge on any atom is 0.286 e. The van der Waals surface area contributed by atoms with Gasteiger partial charge in [0.1, 0.15) is 0 Å². The molecule has 1 aromatic heterocycles. The average molecular weight is 438 g/mol. The SMILES string of the molecule is O=C(NCc1ccccc1)C1=C[C@@H](c2csc3ccccc23)C[C@@H](OCCCCO)O1. The number of benzene rings is 2. The first-order valence-electron chi connectivity index (χ1n) is 10.6. The van der Waals surface area contributed by atoms with Gasteiger partial charge in [-0.2, -0.15) is 0 Å². The molecule has 162 valence electrons. The van der Waals surface area contributed by atoms with Crippen molar-refractivity contribution in [2.45, 2.75) is 38.0 Å². The van der Waals surface area contributed by atoms with Gasteiger partial charge in [0, 0.05) is 30.2 Å². The van der Waals surface area contributed by atoms with Crippen molar-refractivity contribution in [3.63, 3.8) is 0 Å². The van der Waals surface area contributed by atoms with Crippen molar-refractivity contribution >= 4 is 27.3 Å². The normalized spacial score (nSPS) is 18.4. The Labute approximate surface area is 186 Å². The molecule has 0 fully saturated rings. The Hall–Kier alpha value is -2.67. The lowest BCUT2D eigenvalue weighted by molar-refractivity contribution is -0.146. The summed E-state index contributed by atoms with van der Waals surface area (Å²) in [6.45, 7) is 1.07. The van der Waals surface area contributed by atoms with E-state index in [9.17, 15) is 4.79 Å². The maximum atomic E-state index is 12.9. The van der Waals surface area contributed by atoms with Crippen LogP contribution in [0.15, 0.2) is 71.8 Å². The van der Waals surface area contributed by atoms with E-state index < -0.39 is 6.29 Å². The van der Waals surface area contributed by atoms with Crippen LogP contribution in [0.2, 0.25) is 0 Å². The smallest absolute Gasteiger partial charge is 0.286 e. The van der Waals surface area contributed by atoms with Crippen LogP contribution in [0.4, 0.5) is 0 Å². The highest BCUT2D eigenvalue weighted by Gasteiger charge is 2.29. The molecule has 0 saturated carbocycles. The van der Waals surface area contributed by atoms with Gasteiger partial charge in [-0.25, -0.2) is 0 Å². The fraction of sp³-hybridized carbons (Fsp3) is 0.320. The highest BCUT2D eigenvalue weighted by molar-refractivity contribution is 7.17. The van der Waals surface area contributed by atoms with Gasteiger partial charge >= 0.3 is 0 Å². The van der Waals surface area contributed by atoms with Crippen LogP contribution in [0.25, 0.3) is 10.1 Å². The van der Waals surface area contributed by atoms with Gasteiger partial charge < -0.3 is 19.9 Å². The molecule has 0 bridgehead atoms. The number of nitrogens with one attached hydrogen (secondary N) is 1. The van der Waals surface area contributed by atoms with Gasteiger partial charge in [-0.05, 0) is 46.9 Å². The van der Waals surface area contributed by atoms with Crippen molar-refractivity contribution in [3.05, 3.63) is 82.9 Å². The molecule has 2 atom stereocenters. The van der Waals surface area contributed by atoms with Gasteiger partial charge in [-0.15, -0.1) is 11.3 Å².